The number of hydrogen-bond donors (Lipinski definition) is 2. The van der Waals surface area contributed by atoms with Crippen LogP contribution >= 0.6 is 11.5 Å². The SMILES string of the molecule is CNc1ccccc1C(=O)Nc1nc(CC2CC2)ns1. The summed E-state index contributed by atoms with van der Waals surface area (Å²) >= 11 is 1.24. The first-order valence-electron chi connectivity index (χ1n) is 6.67. The highest BCUT2D eigenvalue weighted by molar-refractivity contribution is 7.09. The molecule has 1 aliphatic carbocycles. The Bertz CT molecular complexity index is 621. The smallest absolute Gasteiger partial charge is 0.259 e. The van der Waals surface area contributed by atoms with E-state index in [2.05, 4.69) is 20.0 Å². The van der Waals surface area contributed by atoms with E-state index < -0.39 is 0 Å². The summed E-state index contributed by atoms with van der Waals surface area (Å²) < 4.78 is 4.29. The average molecular weight is 288 g/mol. The van der Waals surface area contributed by atoms with Gasteiger partial charge in [0.1, 0.15) is 5.82 Å². The number of carbonyl (C=O) groups excluding carboxylic acids is 1. The molecule has 0 atom stereocenters. The van der Waals surface area contributed by atoms with Gasteiger partial charge in [-0.2, -0.15) is 4.37 Å². The molecule has 1 amide bonds. The summed E-state index contributed by atoms with van der Waals surface area (Å²) in [5.41, 5.74) is 1.40. The van der Waals surface area contributed by atoms with Crippen molar-refractivity contribution in [1.29, 1.82) is 0 Å². The second-order valence-electron chi connectivity index (χ2n) is 4.91. The highest BCUT2D eigenvalue weighted by atomic mass is 32.1. The molecule has 5 nitrogen and oxygen atoms in total. The molecular formula is C14H16N4OS. The van der Waals surface area contributed by atoms with Gasteiger partial charge >= 0.3 is 0 Å². The van der Waals surface area contributed by atoms with E-state index in [0.717, 1.165) is 23.9 Å². The zero-order valence-corrected chi connectivity index (χ0v) is 12.0. The lowest BCUT2D eigenvalue weighted by Gasteiger charge is -2.07. The minimum absolute atomic E-state index is 0.163. The Labute approximate surface area is 121 Å². The van der Waals surface area contributed by atoms with E-state index in [0.29, 0.717) is 10.7 Å². The molecule has 1 aliphatic rings. The van der Waals surface area contributed by atoms with Gasteiger partial charge in [-0.3, -0.25) is 10.1 Å². The van der Waals surface area contributed by atoms with Crippen LogP contribution in [0.1, 0.15) is 29.0 Å². The molecule has 0 bridgehead atoms. The summed E-state index contributed by atoms with van der Waals surface area (Å²) in [5, 5.41) is 6.39. The minimum Gasteiger partial charge on any atom is -0.387 e. The molecule has 6 heteroatoms. The Hall–Kier alpha value is -1.95. The number of benzene rings is 1. The van der Waals surface area contributed by atoms with Gasteiger partial charge in [0.25, 0.3) is 5.91 Å². The molecule has 1 fully saturated rings. The number of carbonyl (C=O) groups is 1. The van der Waals surface area contributed by atoms with Crippen molar-refractivity contribution < 1.29 is 4.79 Å². The van der Waals surface area contributed by atoms with E-state index in [4.69, 9.17) is 0 Å². The first kappa shape index (κ1) is 13.1. The van der Waals surface area contributed by atoms with E-state index in [1.807, 2.05) is 18.2 Å². The second kappa shape index (κ2) is 5.58. The average Bonchev–Trinajstić information content (AvgIpc) is 3.17. The number of hydrogen-bond acceptors (Lipinski definition) is 5. The van der Waals surface area contributed by atoms with Crippen molar-refractivity contribution >= 4 is 28.3 Å². The van der Waals surface area contributed by atoms with Crippen molar-refractivity contribution in [2.75, 3.05) is 17.7 Å². The summed E-state index contributed by atoms with van der Waals surface area (Å²) in [6.07, 6.45) is 3.48. The first-order valence-corrected chi connectivity index (χ1v) is 7.44. The van der Waals surface area contributed by atoms with Gasteiger partial charge in [-0.25, -0.2) is 4.98 Å². The van der Waals surface area contributed by atoms with Crippen LogP contribution in [0, 0.1) is 5.92 Å². The maximum absolute atomic E-state index is 12.2. The normalized spacial score (nSPS) is 14.1. The van der Waals surface area contributed by atoms with E-state index in [9.17, 15) is 4.79 Å². The van der Waals surface area contributed by atoms with Crippen LogP contribution in [0.2, 0.25) is 0 Å². The molecular weight excluding hydrogens is 272 g/mol. The fourth-order valence-electron chi connectivity index (χ4n) is 2.03. The molecule has 0 aliphatic heterocycles. The van der Waals surface area contributed by atoms with Gasteiger partial charge in [-0.1, -0.05) is 12.1 Å². The fraction of sp³-hybridized carbons (Fsp3) is 0.357. The third kappa shape index (κ3) is 2.96. The van der Waals surface area contributed by atoms with Crippen molar-refractivity contribution in [3.8, 4) is 0 Å². The Balaban J connectivity index is 1.69. The number of anilines is 2. The maximum Gasteiger partial charge on any atom is 0.259 e. The Morgan fingerprint density at radius 3 is 2.95 bits per heavy atom. The lowest BCUT2D eigenvalue weighted by Crippen LogP contribution is -2.13. The molecule has 104 valence electrons. The van der Waals surface area contributed by atoms with Gasteiger partial charge in [-0.05, 0) is 30.9 Å². The lowest BCUT2D eigenvalue weighted by atomic mass is 10.1. The fourth-order valence-corrected chi connectivity index (χ4v) is 2.62. The molecule has 0 unspecified atom stereocenters. The van der Waals surface area contributed by atoms with Crippen molar-refractivity contribution in [1.82, 2.24) is 9.36 Å². The highest BCUT2D eigenvalue weighted by Crippen LogP contribution is 2.32. The Morgan fingerprint density at radius 1 is 1.40 bits per heavy atom. The Kier molecular flexibility index (Phi) is 3.64. The van der Waals surface area contributed by atoms with Gasteiger partial charge in [0.05, 0.1) is 5.56 Å². The number of aromatic nitrogens is 2. The molecule has 1 aromatic heterocycles. The zero-order chi connectivity index (χ0) is 13.9. The molecule has 1 heterocycles. The number of nitrogens with one attached hydrogen (secondary N) is 2. The number of rotatable bonds is 5. The van der Waals surface area contributed by atoms with Crippen LogP contribution in [0.25, 0.3) is 0 Å². The molecule has 0 radical (unpaired) electrons. The first-order chi connectivity index (χ1) is 9.76. The van der Waals surface area contributed by atoms with Gasteiger partial charge in [0.15, 0.2) is 0 Å². The van der Waals surface area contributed by atoms with Crippen molar-refractivity contribution in [2.24, 2.45) is 5.92 Å². The quantitative estimate of drug-likeness (QED) is 0.888. The number of para-hydroxylation sites is 1. The second-order valence-corrected chi connectivity index (χ2v) is 5.66. The third-order valence-electron chi connectivity index (χ3n) is 3.30. The molecule has 0 spiro atoms. The van der Waals surface area contributed by atoms with E-state index in [1.54, 1.807) is 13.1 Å². The predicted molar refractivity (Wildman–Crippen MR) is 80.3 cm³/mol. The van der Waals surface area contributed by atoms with Crippen LogP contribution in [0.3, 0.4) is 0 Å². The van der Waals surface area contributed by atoms with Gasteiger partial charge in [-0.15, -0.1) is 0 Å². The molecule has 2 aromatic rings. The largest absolute Gasteiger partial charge is 0.387 e. The van der Waals surface area contributed by atoms with E-state index in [-0.39, 0.29) is 5.91 Å². The van der Waals surface area contributed by atoms with Crippen molar-refractivity contribution in [2.45, 2.75) is 19.3 Å². The minimum atomic E-state index is -0.163. The van der Waals surface area contributed by atoms with Gasteiger partial charge in [0.2, 0.25) is 5.13 Å². The predicted octanol–water partition coefficient (Wildman–Crippen LogP) is 2.78. The third-order valence-corrected chi connectivity index (χ3v) is 3.97. The summed E-state index contributed by atoms with van der Waals surface area (Å²) in [6.45, 7) is 0. The van der Waals surface area contributed by atoms with Crippen molar-refractivity contribution in [3.63, 3.8) is 0 Å². The number of nitrogens with zero attached hydrogens (tertiary/aromatic N) is 2. The van der Waals surface area contributed by atoms with Crippen LogP contribution in [0.5, 0.6) is 0 Å². The van der Waals surface area contributed by atoms with Crippen LogP contribution in [-0.2, 0) is 6.42 Å². The highest BCUT2D eigenvalue weighted by Gasteiger charge is 2.23. The van der Waals surface area contributed by atoms with Crippen LogP contribution in [-0.4, -0.2) is 22.3 Å². The molecule has 2 N–H and O–H groups in total. The van der Waals surface area contributed by atoms with Crippen LogP contribution < -0.4 is 10.6 Å². The summed E-state index contributed by atoms with van der Waals surface area (Å²) in [4.78, 5) is 16.6. The van der Waals surface area contributed by atoms with Crippen LogP contribution in [0.4, 0.5) is 10.8 Å². The van der Waals surface area contributed by atoms with Crippen molar-refractivity contribution in [3.05, 3.63) is 35.7 Å². The summed E-state index contributed by atoms with van der Waals surface area (Å²) in [7, 11) is 1.80. The maximum atomic E-state index is 12.2. The van der Waals surface area contributed by atoms with Gasteiger partial charge < -0.3 is 5.32 Å². The molecule has 1 saturated carbocycles. The zero-order valence-electron chi connectivity index (χ0n) is 11.2. The summed E-state index contributed by atoms with van der Waals surface area (Å²) in [5.74, 6) is 1.43. The van der Waals surface area contributed by atoms with Crippen LogP contribution in [0.15, 0.2) is 24.3 Å². The molecule has 20 heavy (non-hydrogen) atoms. The van der Waals surface area contributed by atoms with E-state index >= 15 is 0 Å². The van der Waals surface area contributed by atoms with Gasteiger partial charge in [0, 0.05) is 30.7 Å². The Morgan fingerprint density at radius 2 is 2.20 bits per heavy atom. The number of amides is 1. The molecule has 3 rings (SSSR count). The molecule has 1 aromatic carbocycles. The van der Waals surface area contributed by atoms with E-state index in [1.165, 1.54) is 24.4 Å². The standard InChI is InChI=1S/C14H16N4OS/c1-15-11-5-3-2-4-10(11)13(19)17-14-16-12(18-20-14)8-9-6-7-9/h2-5,9,15H,6-8H2,1H3,(H,16,17,18,19). The molecule has 0 saturated heterocycles. The lowest BCUT2D eigenvalue weighted by molar-refractivity contribution is 0.102. The topological polar surface area (TPSA) is 66.9 Å². The summed E-state index contributed by atoms with van der Waals surface area (Å²) in [6, 6.07) is 7.39. The monoisotopic (exact) mass is 288 g/mol.